The molecule has 0 aromatic carbocycles. The Labute approximate surface area is 147 Å². The third-order valence-corrected chi connectivity index (χ3v) is 5.88. The molecule has 7 heteroatoms. The number of hydrogen-bond acceptors (Lipinski definition) is 4. The van der Waals surface area contributed by atoms with Crippen LogP contribution in [0.1, 0.15) is 42.0 Å². The first-order valence-corrected chi connectivity index (χ1v) is 9.01. The van der Waals surface area contributed by atoms with Crippen LogP contribution in [0.15, 0.2) is 24.7 Å². The molecule has 4 rings (SSSR count). The van der Waals surface area contributed by atoms with E-state index in [4.69, 9.17) is 4.74 Å². The smallest absolute Gasteiger partial charge is 0.270 e. The van der Waals surface area contributed by atoms with Gasteiger partial charge in [0.2, 0.25) is 0 Å². The van der Waals surface area contributed by atoms with Crippen molar-refractivity contribution in [3.63, 3.8) is 0 Å². The van der Waals surface area contributed by atoms with Crippen molar-refractivity contribution in [1.82, 2.24) is 24.2 Å². The molecule has 1 unspecified atom stereocenters. The molecule has 4 heterocycles. The molecular weight excluding hydrogens is 318 g/mol. The van der Waals surface area contributed by atoms with E-state index >= 15 is 0 Å². The topological polar surface area (TPSA) is 65.2 Å². The van der Waals surface area contributed by atoms with Crippen molar-refractivity contribution in [3.05, 3.63) is 36.2 Å². The quantitative estimate of drug-likeness (QED) is 0.850. The summed E-state index contributed by atoms with van der Waals surface area (Å²) in [6.45, 7) is 5.92. The van der Waals surface area contributed by atoms with Crippen molar-refractivity contribution >= 4 is 5.91 Å². The highest BCUT2D eigenvalue weighted by Gasteiger charge is 2.51. The van der Waals surface area contributed by atoms with E-state index in [-0.39, 0.29) is 17.2 Å². The zero-order valence-corrected chi connectivity index (χ0v) is 14.9. The fourth-order valence-electron chi connectivity index (χ4n) is 4.39. The summed E-state index contributed by atoms with van der Waals surface area (Å²) in [4.78, 5) is 15.1. The molecule has 0 N–H and O–H groups in total. The lowest BCUT2D eigenvalue weighted by atomic mass is 9.71. The predicted octanol–water partition coefficient (Wildman–Crippen LogP) is 1.67. The zero-order chi connectivity index (χ0) is 17.4. The van der Waals surface area contributed by atoms with Gasteiger partial charge in [-0.05, 0) is 31.9 Å². The van der Waals surface area contributed by atoms with Crippen LogP contribution in [0.5, 0.6) is 0 Å². The Morgan fingerprint density at radius 1 is 1.40 bits per heavy atom. The molecule has 1 atom stereocenters. The van der Waals surface area contributed by atoms with Crippen LogP contribution >= 0.6 is 0 Å². The molecule has 2 aliphatic rings. The molecule has 0 aliphatic carbocycles. The number of carbonyl (C=O) groups excluding carboxylic acids is 1. The number of carbonyl (C=O) groups is 1. The van der Waals surface area contributed by atoms with Crippen molar-refractivity contribution in [2.75, 3.05) is 26.3 Å². The van der Waals surface area contributed by atoms with E-state index in [1.165, 1.54) is 0 Å². The third-order valence-electron chi connectivity index (χ3n) is 5.88. The van der Waals surface area contributed by atoms with Gasteiger partial charge in [0.15, 0.2) is 0 Å². The van der Waals surface area contributed by atoms with Gasteiger partial charge in [-0.1, -0.05) is 0 Å². The Balaban J connectivity index is 1.67. The SMILES string of the molecule is CCn1cnnc1C1CN(C(=O)c2cccn2C)CC12CCOCC2. The molecule has 2 saturated heterocycles. The molecule has 0 radical (unpaired) electrons. The van der Waals surface area contributed by atoms with Gasteiger partial charge in [0.25, 0.3) is 5.91 Å². The largest absolute Gasteiger partial charge is 0.381 e. The van der Waals surface area contributed by atoms with E-state index in [1.54, 1.807) is 6.33 Å². The second-order valence-corrected chi connectivity index (χ2v) is 7.19. The summed E-state index contributed by atoms with van der Waals surface area (Å²) >= 11 is 0. The van der Waals surface area contributed by atoms with Gasteiger partial charge in [0.05, 0.1) is 0 Å². The molecule has 0 bridgehead atoms. The number of hydrogen-bond donors (Lipinski definition) is 0. The van der Waals surface area contributed by atoms with Gasteiger partial charge in [0.1, 0.15) is 17.8 Å². The average Bonchev–Trinajstić information content (AvgIpc) is 3.33. The van der Waals surface area contributed by atoms with Crippen LogP contribution in [-0.4, -0.2) is 56.4 Å². The molecule has 2 fully saturated rings. The number of aromatic nitrogens is 4. The van der Waals surface area contributed by atoms with Crippen LogP contribution < -0.4 is 0 Å². The summed E-state index contributed by atoms with van der Waals surface area (Å²) in [5.41, 5.74) is 0.777. The number of amides is 1. The van der Waals surface area contributed by atoms with Crippen molar-refractivity contribution in [2.24, 2.45) is 12.5 Å². The van der Waals surface area contributed by atoms with Gasteiger partial charge in [-0.2, -0.15) is 0 Å². The maximum absolute atomic E-state index is 13.1. The average molecular weight is 343 g/mol. The highest BCUT2D eigenvalue weighted by molar-refractivity contribution is 5.93. The Morgan fingerprint density at radius 2 is 2.20 bits per heavy atom. The summed E-state index contributed by atoms with van der Waals surface area (Å²) in [7, 11) is 1.92. The molecule has 1 amide bonds. The second kappa shape index (κ2) is 6.29. The Bertz CT molecular complexity index is 759. The third kappa shape index (κ3) is 2.66. The molecule has 134 valence electrons. The first-order valence-electron chi connectivity index (χ1n) is 9.01. The predicted molar refractivity (Wildman–Crippen MR) is 92.2 cm³/mol. The van der Waals surface area contributed by atoms with Crippen LogP contribution in [0.3, 0.4) is 0 Å². The summed E-state index contributed by atoms with van der Waals surface area (Å²) in [6.07, 6.45) is 5.64. The normalized spacial score (nSPS) is 22.6. The van der Waals surface area contributed by atoms with E-state index < -0.39 is 0 Å². The van der Waals surface area contributed by atoms with E-state index in [2.05, 4.69) is 21.7 Å². The van der Waals surface area contributed by atoms with Crippen molar-refractivity contribution in [1.29, 1.82) is 0 Å². The summed E-state index contributed by atoms with van der Waals surface area (Å²) < 4.78 is 9.61. The number of rotatable bonds is 3. The molecular formula is C18H25N5O2. The van der Waals surface area contributed by atoms with Gasteiger partial charge >= 0.3 is 0 Å². The molecule has 0 saturated carbocycles. The lowest BCUT2D eigenvalue weighted by Gasteiger charge is -2.37. The van der Waals surface area contributed by atoms with Crippen LogP contribution in [0.25, 0.3) is 0 Å². The van der Waals surface area contributed by atoms with Gasteiger partial charge in [0, 0.05) is 57.4 Å². The molecule has 2 aliphatic heterocycles. The minimum absolute atomic E-state index is 0.0407. The maximum atomic E-state index is 13.1. The van der Waals surface area contributed by atoms with E-state index in [0.717, 1.165) is 50.7 Å². The zero-order valence-electron chi connectivity index (χ0n) is 14.9. The number of aryl methyl sites for hydroxylation is 2. The highest BCUT2D eigenvalue weighted by Crippen LogP contribution is 2.49. The summed E-state index contributed by atoms with van der Waals surface area (Å²) in [5.74, 6) is 1.32. The molecule has 25 heavy (non-hydrogen) atoms. The second-order valence-electron chi connectivity index (χ2n) is 7.19. The number of ether oxygens (including phenoxy) is 1. The first-order chi connectivity index (χ1) is 12.1. The van der Waals surface area contributed by atoms with Gasteiger partial charge < -0.3 is 18.8 Å². The Hall–Kier alpha value is -2.15. The van der Waals surface area contributed by atoms with Crippen LogP contribution in [0.2, 0.25) is 0 Å². The molecule has 2 aromatic heterocycles. The molecule has 1 spiro atoms. The monoisotopic (exact) mass is 343 g/mol. The highest BCUT2D eigenvalue weighted by atomic mass is 16.5. The van der Waals surface area contributed by atoms with Gasteiger partial charge in [-0.3, -0.25) is 4.79 Å². The van der Waals surface area contributed by atoms with Gasteiger partial charge in [-0.15, -0.1) is 10.2 Å². The van der Waals surface area contributed by atoms with Crippen LogP contribution in [-0.2, 0) is 18.3 Å². The minimum atomic E-state index is 0.0407. The van der Waals surface area contributed by atoms with Gasteiger partial charge in [-0.25, -0.2) is 0 Å². The van der Waals surface area contributed by atoms with Crippen molar-refractivity contribution < 1.29 is 9.53 Å². The number of likely N-dealkylation sites (tertiary alicyclic amines) is 1. The van der Waals surface area contributed by atoms with E-state index in [1.807, 2.05) is 34.8 Å². The Morgan fingerprint density at radius 3 is 2.88 bits per heavy atom. The molecule has 2 aromatic rings. The minimum Gasteiger partial charge on any atom is -0.381 e. The maximum Gasteiger partial charge on any atom is 0.270 e. The van der Waals surface area contributed by atoms with Crippen LogP contribution in [0.4, 0.5) is 0 Å². The standard InChI is InChI=1S/C18H25N5O2/c1-3-22-13-19-20-16(22)14-11-23(12-18(14)6-9-25-10-7-18)17(24)15-5-4-8-21(15)2/h4-5,8,13-14H,3,6-7,9-12H2,1-2H3. The fraction of sp³-hybridized carbons (Fsp3) is 0.611. The van der Waals surface area contributed by atoms with Crippen LogP contribution in [0, 0.1) is 5.41 Å². The number of nitrogens with zero attached hydrogens (tertiary/aromatic N) is 5. The van der Waals surface area contributed by atoms with E-state index in [0.29, 0.717) is 6.54 Å². The van der Waals surface area contributed by atoms with E-state index in [9.17, 15) is 4.79 Å². The Kier molecular flexibility index (Phi) is 4.11. The molecule has 7 nitrogen and oxygen atoms in total. The van der Waals surface area contributed by atoms with Crippen molar-refractivity contribution in [3.8, 4) is 0 Å². The lowest BCUT2D eigenvalue weighted by molar-refractivity contribution is 0.0107. The summed E-state index contributed by atoms with van der Waals surface area (Å²) in [6, 6.07) is 3.81. The summed E-state index contributed by atoms with van der Waals surface area (Å²) in [5, 5.41) is 8.55. The van der Waals surface area contributed by atoms with Crippen molar-refractivity contribution in [2.45, 2.75) is 32.2 Å². The lowest BCUT2D eigenvalue weighted by Crippen LogP contribution is -2.38. The first kappa shape index (κ1) is 16.3. The fourth-order valence-corrected chi connectivity index (χ4v) is 4.39.